The van der Waals surface area contributed by atoms with Crippen LogP contribution in [0.2, 0.25) is 5.02 Å². The molecule has 1 aromatic carbocycles. The van der Waals surface area contributed by atoms with Gasteiger partial charge in [-0.15, -0.1) is 0 Å². The Bertz CT molecular complexity index is 540. The van der Waals surface area contributed by atoms with Crippen molar-refractivity contribution in [3.05, 3.63) is 28.8 Å². The molecule has 0 bridgehead atoms. The van der Waals surface area contributed by atoms with E-state index >= 15 is 0 Å². The van der Waals surface area contributed by atoms with Gasteiger partial charge >= 0.3 is 0 Å². The fourth-order valence-corrected chi connectivity index (χ4v) is 2.97. The fourth-order valence-electron chi connectivity index (χ4n) is 1.39. The summed E-state index contributed by atoms with van der Waals surface area (Å²) < 4.78 is 54.2. The molecular formula is C11H15ClF2N2O3S. The Labute approximate surface area is 121 Å². The number of rotatable bonds is 8. The standard InChI is InChI=1S/C11H15ClF2N2O3S/c12-9-5-8(6-15)1-2-10(9)20(17,18)16-3-4-19-7-11(13)14/h1-2,5,11,16H,3-4,6-7,15H2. The second-order valence-corrected chi connectivity index (χ2v) is 5.98. The summed E-state index contributed by atoms with van der Waals surface area (Å²) in [6, 6.07) is 4.35. The molecule has 0 aliphatic rings. The molecule has 0 radical (unpaired) electrons. The van der Waals surface area contributed by atoms with E-state index in [1.807, 2.05) is 0 Å². The van der Waals surface area contributed by atoms with Gasteiger partial charge in [-0.2, -0.15) is 0 Å². The molecular weight excluding hydrogens is 314 g/mol. The van der Waals surface area contributed by atoms with Crippen LogP contribution in [0.25, 0.3) is 0 Å². The van der Waals surface area contributed by atoms with Gasteiger partial charge in [0.2, 0.25) is 10.0 Å². The molecule has 0 spiro atoms. The SMILES string of the molecule is NCc1ccc(S(=O)(=O)NCCOCC(F)F)c(Cl)c1. The Balaban J connectivity index is 2.60. The summed E-state index contributed by atoms with van der Waals surface area (Å²) in [5, 5.41) is 0.0500. The van der Waals surface area contributed by atoms with Crippen molar-refractivity contribution in [1.29, 1.82) is 0 Å². The molecule has 0 unspecified atom stereocenters. The molecule has 114 valence electrons. The lowest BCUT2D eigenvalue weighted by molar-refractivity contribution is 0.0199. The lowest BCUT2D eigenvalue weighted by Gasteiger charge is -2.09. The fraction of sp³-hybridized carbons (Fsp3) is 0.455. The van der Waals surface area contributed by atoms with Crippen LogP contribution in [0.3, 0.4) is 0 Å². The molecule has 1 rings (SSSR count). The van der Waals surface area contributed by atoms with Crippen molar-refractivity contribution < 1.29 is 21.9 Å². The number of alkyl halides is 2. The molecule has 0 heterocycles. The second kappa shape index (κ2) is 7.84. The highest BCUT2D eigenvalue weighted by atomic mass is 35.5. The zero-order chi connectivity index (χ0) is 15.2. The van der Waals surface area contributed by atoms with Crippen molar-refractivity contribution in [1.82, 2.24) is 4.72 Å². The van der Waals surface area contributed by atoms with Crippen molar-refractivity contribution in [2.75, 3.05) is 19.8 Å². The molecule has 5 nitrogen and oxygen atoms in total. The summed E-state index contributed by atoms with van der Waals surface area (Å²) in [5.41, 5.74) is 6.12. The van der Waals surface area contributed by atoms with E-state index in [1.54, 1.807) is 6.07 Å². The summed E-state index contributed by atoms with van der Waals surface area (Å²) >= 11 is 5.87. The molecule has 1 aromatic rings. The number of halogens is 3. The predicted octanol–water partition coefficient (Wildman–Crippen LogP) is 1.36. The maximum absolute atomic E-state index is 11.9. The van der Waals surface area contributed by atoms with E-state index in [2.05, 4.69) is 9.46 Å². The van der Waals surface area contributed by atoms with Crippen LogP contribution in [0.5, 0.6) is 0 Å². The molecule has 0 aliphatic heterocycles. The average molecular weight is 329 g/mol. The quantitative estimate of drug-likeness (QED) is 0.706. The molecule has 0 saturated carbocycles. The van der Waals surface area contributed by atoms with Crippen LogP contribution in [0, 0.1) is 0 Å². The smallest absolute Gasteiger partial charge is 0.261 e. The van der Waals surface area contributed by atoms with Crippen molar-refractivity contribution in [3.8, 4) is 0 Å². The van der Waals surface area contributed by atoms with Crippen LogP contribution in [-0.2, 0) is 21.3 Å². The van der Waals surface area contributed by atoms with E-state index < -0.39 is 23.1 Å². The molecule has 0 saturated heterocycles. The lowest BCUT2D eigenvalue weighted by Crippen LogP contribution is -2.28. The molecule has 0 amide bonds. The van der Waals surface area contributed by atoms with E-state index in [4.69, 9.17) is 17.3 Å². The van der Waals surface area contributed by atoms with Gasteiger partial charge in [0.15, 0.2) is 0 Å². The monoisotopic (exact) mass is 328 g/mol. The van der Waals surface area contributed by atoms with Crippen LogP contribution in [0.4, 0.5) is 8.78 Å². The molecule has 0 atom stereocenters. The number of nitrogens with one attached hydrogen (secondary N) is 1. The van der Waals surface area contributed by atoms with Crippen LogP contribution in [-0.4, -0.2) is 34.6 Å². The van der Waals surface area contributed by atoms with E-state index in [0.717, 1.165) is 0 Å². The largest absolute Gasteiger partial charge is 0.374 e. The van der Waals surface area contributed by atoms with E-state index in [-0.39, 0.29) is 29.6 Å². The van der Waals surface area contributed by atoms with Gasteiger partial charge in [0.05, 0.1) is 11.6 Å². The van der Waals surface area contributed by atoms with Gasteiger partial charge in [-0.25, -0.2) is 21.9 Å². The Morgan fingerprint density at radius 1 is 1.40 bits per heavy atom. The Kier molecular flexibility index (Phi) is 6.77. The Morgan fingerprint density at radius 2 is 2.10 bits per heavy atom. The summed E-state index contributed by atoms with van der Waals surface area (Å²) in [5.74, 6) is 0. The minimum absolute atomic E-state index is 0.0500. The van der Waals surface area contributed by atoms with Crippen molar-refractivity contribution >= 4 is 21.6 Å². The minimum atomic E-state index is -3.81. The first kappa shape index (κ1) is 17.3. The Morgan fingerprint density at radius 3 is 2.65 bits per heavy atom. The van der Waals surface area contributed by atoms with E-state index in [1.165, 1.54) is 12.1 Å². The zero-order valence-corrected chi connectivity index (χ0v) is 12.1. The highest BCUT2D eigenvalue weighted by Gasteiger charge is 2.17. The van der Waals surface area contributed by atoms with Crippen molar-refractivity contribution in [2.24, 2.45) is 5.73 Å². The summed E-state index contributed by atoms with van der Waals surface area (Å²) in [4.78, 5) is -0.0924. The molecule has 0 aliphatic carbocycles. The second-order valence-electron chi connectivity index (χ2n) is 3.83. The van der Waals surface area contributed by atoms with Gasteiger partial charge in [0.25, 0.3) is 6.43 Å². The number of hydrogen-bond acceptors (Lipinski definition) is 4. The zero-order valence-electron chi connectivity index (χ0n) is 10.5. The predicted molar refractivity (Wildman–Crippen MR) is 71.4 cm³/mol. The maximum atomic E-state index is 11.9. The highest BCUT2D eigenvalue weighted by Crippen LogP contribution is 2.22. The third-order valence-corrected chi connectivity index (χ3v) is 4.25. The van der Waals surface area contributed by atoms with Gasteiger partial charge < -0.3 is 10.5 Å². The summed E-state index contributed by atoms with van der Waals surface area (Å²) in [6.45, 7) is -0.755. The number of ether oxygens (including phenoxy) is 1. The van der Waals surface area contributed by atoms with Gasteiger partial charge in [0.1, 0.15) is 11.5 Å². The van der Waals surface area contributed by atoms with Gasteiger partial charge in [-0.1, -0.05) is 17.7 Å². The van der Waals surface area contributed by atoms with Gasteiger partial charge in [-0.3, -0.25) is 0 Å². The first-order chi connectivity index (χ1) is 9.36. The molecule has 0 fully saturated rings. The summed E-state index contributed by atoms with van der Waals surface area (Å²) in [7, 11) is -3.81. The maximum Gasteiger partial charge on any atom is 0.261 e. The number of sulfonamides is 1. The number of benzene rings is 1. The Hall–Kier alpha value is -0.800. The van der Waals surface area contributed by atoms with E-state index in [0.29, 0.717) is 5.56 Å². The first-order valence-corrected chi connectivity index (χ1v) is 7.57. The van der Waals surface area contributed by atoms with Crippen LogP contribution in [0.1, 0.15) is 5.56 Å². The average Bonchev–Trinajstić information content (AvgIpc) is 2.37. The molecule has 9 heteroatoms. The first-order valence-electron chi connectivity index (χ1n) is 5.71. The third-order valence-electron chi connectivity index (χ3n) is 2.30. The number of nitrogens with two attached hydrogens (primary N) is 1. The van der Waals surface area contributed by atoms with Crippen molar-refractivity contribution in [3.63, 3.8) is 0 Å². The minimum Gasteiger partial charge on any atom is -0.374 e. The third kappa shape index (κ3) is 5.29. The van der Waals surface area contributed by atoms with Gasteiger partial charge in [-0.05, 0) is 17.7 Å². The van der Waals surface area contributed by atoms with Crippen LogP contribution < -0.4 is 10.5 Å². The van der Waals surface area contributed by atoms with Gasteiger partial charge in [0, 0.05) is 13.1 Å². The molecule has 0 aromatic heterocycles. The highest BCUT2D eigenvalue weighted by molar-refractivity contribution is 7.89. The normalized spacial score (nSPS) is 12.1. The molecule has 3 N–H and O–H groups in total. The van der Waals surface area contributed by atoms with Crippen LogP contribution in [0.15, 0.2) is 23.1 Å². The lowest BCUT2D eigenvalue weighted by atomic mass is 10.2. The molecule has 20 heavy (non-hydrogen) atoms. The number of hydrogen-bond donors (Lipinski definition) is 2. The van der Waals surface area contributed by atoms with E-state index in [9.17, 15) is 17.2 Å². The topological polar surface area (TPSA) is 81.4 Å². The van der Waals surface area contributed by atoms with Crippen LogP contribution >= 0.6 is 11.6 Å². The summed E-state index contributed by atoms with van der Waals surface area (Å²) in [6.07, 6.45) is -2.58. The van der Waals surface area contributed by atoms with Crippen molar-refractivity contribution in [2.45, 2.75) is 17.9 Å².